The molecule has 5 rings (SSSR count). The number of piperazine rings is 1. The summed E-state index contributed by atoms with van der Waals surface area (Å²) in [6, 6.07) is 8.08. The van der Waals surface area contributed by atoms with Crippen LogP contribution in [0.4, 0.5) is 18.9 Å². The van der Waals surface area contributed by atoms with Gasteiger partial charge in [0.25, 0.3) is 0 Å². The third-order valence-electron chi connectivity index (χ3n) is 8.19. The minimum Gasteiger partial charge on any atom is -0.396 e. The average Bonchev–Trinajstić information content (AvgIpc) is 3.73. The Kier molecular flexibility index (Phi) is 8.27. The molecular weight excluding hydrogens is 585 g/mol. The Morgan fingerprint density at radius 3 is 2.42 bits per heavy atom. The van der Waals surface area contributed by atoms with Gasteiger partial charge in [-0.3, -0.25) is 9.88 Å². The number of anilines is 1. The molecule has 0 bridgehead atoms. The van der Waals surface area contributed by atoms with Crippen LogP contribution in [-0.2, 0) is 17.7 Å². The molecule has 1 aromatic carbocycles. The number of rotatable bonds is 9. The number of hydrogen-bond donors (Lipinski definition) is 1. The Morgan fingerprint density at radius 1 is 1.12 bits per heavy atom. The molecule has 0 spiro atoms. The van der Waals surface area contributed by atoms with Gasteiger partial charge in [-0.25, -0.2) is 0 Å². The average molecular weight is 624 g/mol. The van der Waals surface area contributed by atoms with Crippen molar-refractivity contribution >= 4 is 32.5 Å². The van der Waals surface area contributed by atoms with E-state index in [0.717, 1.165) is 47.3 Å². The number of alkyl halides is 3. The van der Waals surface area contributed by atoms with Crippen LogP contribution in [0.2, 0.25) is 0 Å². The lowest BCUT2D eigenvalue weighted by Crippen LogP contribution is -2.47. The summed E-state index contributed by atoms with van der Waals surface area (Å²) in [4.78, 5) is 9.62. The summed E-state index contributed by atoms with van der Waals surface area (Å²) in [5, 5.41) is 10.9. The fraction of sp³-hybridized carbons (Fsp3) is 0.567. The lowest BCUT2D eigenvalue weighted by molar-refractivity contribution is -0.139. The number of fused-ring (bicyclic) bond motifs is 1. The van der Waals surface area contributed by atoms with Crippen LogP contribution in [0.15, 0.2) is 34.9 Å². The van der Waals surface area contributed by atoms with Crippen molar-refractivity contribution in [3.63, 3.8) is 0 Å². The predicted molar refractivity (Wildman–Crippen MR) is 156 cm³/mol. The first-order valence-corrected chi connectivity index (χ1v) is 14.7. The van der Waals surface area contributed by atoms with Crippen LogP contribution in [0.3, 0.4) is 0 Å². The van der Waals surface area contributed by atoms with E-state index in [4.69, 9.17) is 9.72 Å². The molecule has 1 atom stereocenters. The second kappa shape index (κ2) is 11.3. The highest BCUT2D eigenvalue weighted by molar-refractivity contribution is 9.10. The van der Waals surface area contributed by atoms with Crippen LogP contribution < -0.4 is 4.90 Å². The minimum atomic E-state index is -4.44. The number of halogens is 4. The van der Waals surface area contributed by atoms with Crippen molar-refractivity contribution in [2.24, 2.45) is 5.41 Å². The third-order valence-corrected chi connectivity index (χ3v) is 8.68. The highest BCUT2D eigenvalue weighted by atomic mass is 79.9. The Hall–Kier alpha value is -2.14. The zero-order valence-electron chi connectivity index (χ0n) is 23.6. The summed E-state index contributed by atoms with van der Waals surface area (Å²) in [7, 11) is 1.58. The summed E-state index contributed by atoms with van der Waals surface area (Å²) < 4.78 is 50.2. The quantitative estimate of drug-likeness (QED) is 0.292. The lowest BCUT2D eigenvalue weighted by atomic mass is 9.84. The standard InChI is InChI=1S/C30H38BrF3N4O2/c1-19(40-4)27-24(14-22(16-35-27)37-11-9-36(10-12-37)21-6-7-21)28-25(15-29(2,3)18-39)23-13-20(31)5-8-26(23)38(28)17-30(32,33)34/h5,8,13-14,16,19,21,39H,6-7,9-12,15,17-18H2,1-4H3/t19-/m0/s1. The van der Waals surface area contributed by atoms with Gasteiger partial charge in [-0.1, -0.05) is 29.8 Å². The second-order valence-corrected chi connectivity index (χ2v) is 12.9. The molecule has 0 radical (unpaired) electrons. The summed E-state index contributed by atoms with van der Waals surface area (Å²) in [5.74, 6) is 0. The van der Waals surface area contributed by atoms with Gasteiger partial charge >= 0.3 is 6.18 Å². The van der Waals surface area contributed by atoms with Crippen LogP contribution in [-0.4, -0.2) is 71.7 Å². The van der Waals surface area contributed by atoms with Gasteiger partial charge in [-0.2, -0.15) is 13.2 Å². The smallest absolute Gasteiger partial charge is 0.396 e. The van der Waals surface area contributed by atoms with Gasteiger partial charge in [0.2, 0.25) is 0 Å². The van der Waals surface area contributed by atoms with Crippen LogP contribution >= 0.6 is 15.9 Å². The molecule has 6 nitrogen and oxygen atoms in total. The molecule has 218 valence electrons. The van der Waals surface area contributed by atoms with Crippen LogP contribution in [0.25, 0.3) is 22.2 Å². The van der Waals surface area contributed by atoms with Crippen molar-refractivity contribution in [1.29, 1.82) is 0 Å². The Balaban J connectivity index is 1.72. The molecule has 3 heterocycles. The third kappa shape index (κ3) is 6.20. The van der Waals surface area contributed by atoms with E-state index < -0.39 is 24.2 Å². The molecule has 1 saturated carbocycles. The number of hydrogen-bond acceptors (Lipinski definition) is 5. The molecule has 1 saturated heterocycles. The molecule has 1 aliphatic carbocycles. The number of aliphatic hydroxyl groups is 1. The number of pyridine rings is 1. The number of benzene rings is 1. The molecule has 2 aromatic heterocycles. The lowest BCUT2D eigenvalue weighted by Gasteiger charge is -2.36. The fourth-order valence-corrected chi connectivity index (χ4v) is 6.17. The summed E-state index contributed by atoms with van der Waals surface area (Å²) in [6.45, 7) is 8.11. The van der Waals surface area contributed by atoms with Gasteiger partial charge in [0.15, 0.2) is 0 Å². The molecule has 1 aliphatic heterocycles. The van der Waals surface area contributed by atoms with Crippen molar-refractivity contribution in [2.75, 3.05) is 44.8 Å². The van der Waals surface area contributed by atoms with Gasteiger partial charge in [-0.05, 0) is 61.4 Å². The first-order valence-electron chi connectivity index (χ1n) is 13.9. The molecule has 0 unspecified atom stereocenters. The zero-order chi connectivity index (χ0) is 28.8. The number of methoxy groups -OCH3 is 1. The SMILES string of the molecule is CO[C@@H](C)c1ncc(N2CCN(C3CC3)CC2)cc1-c1c(CC(C)(C)CO)c2cc(Br)ccc2n1CC(F)(F)F. The van der Waals surface area contributed by atoms with Crippen molar-refractivity contribution in [2.45, 2.75) is 64.9 Å². The maximum Gasteiger partial charge on any atom is 0.406 e. The Bertz CT molecular complexity index is 1360. The molecule has 2 aliphatic rings. The van der Waals surface area contributed by atoms with E-state index in [2.05, 4.69) is 25.7 Å². The van der Waals surface area contributed by atoms with E-state index in [9.17, 15) is 18.3 Å². The van der Waals surface area contributed by atoms with E-state index in [0.29, 0.717) is 34.9 Å². The molecule has 40 heavy (non-hydrogen) atoms. The molecule has 10 heteroatoms. The Morgan fingerprint density at radius 2 is 1.82 bits per heavy atom. The van der Waals surface area contributed by atoms with Gasteiger partial charge in [0, 0.05) is 66.9 Å². The van der Waals surface area contributed by atoms with E-state index in [1.165, 1.54) is 17.4 Å². The summed E-state index contributed by atoms with van der Waals surface area (Å²) in [6.07, 6.45) is -0.120. The largest absolute Gasteiger partial charge is 0.406 e. The number of ether oxygens (including phenoxy) is 1. The normalized spacial score (nSPS) is 18.1. The number of aromatic nitrogens is 2. The van der Waals surface area contributed by atoms with E-state index in [1.807, 2.05) is 39.1 Å². The minimum absolute atomic E-state index is 0.0999. The predicted octanol–water partition coefficient (Wildman–Crippen LogP) is 6.58. The van der Waals surface area contributed by atoms with Crippen molar-refractivity contribution in [3.8, 4) is 11.3 Å². The number of aliphatic hydroxyl groups excluding tert-OH is 1. The highest BCUT2D eigenvalue weighted by Crippen LogP contribution is 2.43. The summed E-state index contributed by atoms with van der Waals surface area (Å²) >= 11 is 3.52. The van der Waals surface area contributed by atoms with Gasteiger partial charge in [0.05, 0.1) is 29.4 Å². The Labute approximate surface area is 242 Å². The maximum absolute atomic E-state index is 14.1. The molecule has 1 N–H and O–H groups in total. The summed E-state index contributed by atoms with van der Waals surface area (Å²) in [5.41, 5.74) is 3.33. The van der Waals surface area contributed by atoms with Gasteiger partial charge < -0.3 is 19.3 Å². The fourth-order valence-electron chi connectivity index (χ4n) is 5.81. The van der Waals surface area contributed by atoms with E-state index >= 15 is 0 Å². The van der Waals surface area contributed by atoms with Crippen molar-refractivity contribution in [1.82, 2.24) is 14.5 Å². The van der Waals surface area contributed by atoms with E-state index in [-0.39, 0.29) is 6.61 Å². The monoisotopic (exact) mass is 622 g/mol. The first kappa shape index (κ1) is 29.4. The van der Waals surface area contributed by atoms with Crippen molar-refractivity contribution in [3.05, 3.63) is 46.2 Å². The van der Waals surface area contributed by atoms with Crippen LogP contribution in [0, 0.1) is 5.41 Å². The second-order valence-electron chi connectivity index (χ2n) is 11.9. The molecular formula is C30H38BrF3N4O2. The zero-order valence-corrected chi connectivity index (χ0v) is 25.1. The van der Waals surface area contributed by atoms with Crippen molar-refractivity contribution < 1.29 is 23.0 Å². The number of nitrogens with zero attached hydrogens (tertiary/aromatic N) is 4. The van der Waals surface area contributed by atoms with Crippen LogP contribution in [0.1, 0.15) is 51.0 Å². The molecule has 3 aromatic rings. The van der Waals surface area contributed by atoms with Crippen LogP contribution in [0.5, 0.6) is 0 Å². The molecule has 0 amide bonds. The topological polar surface area (TPSA) is 53.8 Å². The van der Waals surface area contributed by atoms with Gasteiger partial charge in [0.1, 0.15) is 6.54 Å². The highest BCUT2D eigenvalue weighted by Gasteiger charge is 2.35. The maximum atomic E-state index is 14.1. The molecule has 2 fully saturated rings. The first-order chi connectivity index (χ1) is 18.9. The van der Waals surface area contributed by atoms with E-state index in [1.54, 1.807) is 19.2 Å². The van der Waals surface area contributed by atoms with Gasteiger partial charge in [-0.15, -0.1) is 0 Å².